The lowest BCUT2D eigenvalue weighted by molar-refractivity contribution is 0.139. The van der Waals surface area contributed by atoms with Crippen LogP contribution in [0.4, 0.5) is 20.4 Å². The monoisotopic (exact) mass is 451 g/mol. The van der Waals surface area contributed by atoms with E-state index in [4.69, 9.17) is 17.3 Å². The van der Waals surface area contributed by atoms with Gasteiger partial charge in [-0.25, -0.2) is 18.7 Å². The van der Waals surface area contributed by atoms with Gasteiger partial charge in [0.25, 0.3) is 6.43 Å². The Hall–Kier alpha value is -2.52. The summed E-state index contributed by atoms with van der Waals surface area (Å²) >= 11 is 6.59. The number of benzene rings is 1. The Bertz CT molecular complexity index is 1010. The minimum absolute atomic E-state index is 0.0187. The molecule has 1 fully saturated rings. The lowest BCUT2D eigenvalue weighted by Gasteiger charge is -2.46. The van der Waals surface area contributed by atoms with Crippen LogP contribution in [-0.4, -0.2) is 65.8 Å². The number of nitrogens with two attached hydrogens (primary N) is 1. The molecule has 1 saturated heterocycles. The van der Waals surface area contributed by atoms with Crippen molar-refractivity contribution in [1.29, 1.82) is 0 Å². The first kappa shape index (κ1) is 23.1. The highest BCUT2D eigenvalue weighted by Gasteiger charge is 2.32. The summed E-state index contributed by atoms with van der Waals surface area (Å²) in [6.45, 7) is 8.05. The van der Waals surface area contributed by atoms with E-state index in [0.717, 1.165) is 30.7 Å². The van der Waals surface area contributed by atoms with Crippen LogP contribution in [0.5, 0.6) is 0 Å². The number of aliphatic imine (C=N–C) groups is 1. The van der Waals surface area contributed by atoms with Crippen molar-refractivity contribution in [2.24, 2.45) is 10.7 Å². The number of nitrogens with one attached hydrogen (secondary N) is 1. The molecule has 1 aliphatic rings. The van der Waals surface area contributed by atoms with Crippen molar-refractivity contribution in [3.63, 3.8) is 0 Å². The maximum atomic E-state index is 12.4. The van der Waals surface area contributed by atoms with Gasteiger partial charge >= 0.3 is 0 Å². The van der Waals surface area contributed by atoms with Gasteiger partial charge in [-0.05, 0) is 40.0 Å². The third-order valence-electron chi connectivity index (χ3n) is 5.57. The molecule has 0 aliphatic carbocycles. The largest absolute Gasteiger partial charge is 0.403 e. The molecule has 1 aliphatic heterocycles. The first-order valence-corrected chi connectivity index (χ1v) is 10.4. The number of halogens is 3. The smallest absolute Gasteiger partial charge is 0.257 e. The van der Waals surface area contributed by atoms with Crippen molar-refractivity contribution in [1.82, 2.24) is 14.9 Å². The van der Waals surface area contributed by atoms with E-state index in [1.807, 2.05) is 12.1 Å². The van der Waals surface area contributed by atoms with Gasteiger partial charge in [-0.2, -0.15) is 0 Å². The van der Waals surface area contributed by atoms with E-state index in [9.17, 15) is 8.78 Å². The predicted molar refractivity (Wildman–Crippen MR) is 123 cm³/mol. The van der Waals surface area contributed by atoms with E-state index < -0.39 is 13.0 Å². The van der Waals surface area contributed by atoms with Crippen molar-refractivity contribution < 1.29 is 8.78 Å². The summed E-state index contributed by atoms with van der Waals surface area (Å²) in [6, 6.07) is 3.81. The second kappa shape index (κ2) is 9.32. The molecule has 3 rings (SSSR count). The maximum Gasteiger partial charge on any atom is 0.257 e. The zero-order chi connectivity index (χ0) is 22.8. The molecule has 0 bridgehead atoms. The topological polar surface area (TPSA) is 82.7 Å². The molecular formula is C21H28ClF2N7. The summed E-state index contributed by atoms with van der Waals surface area (Å²) in [5.41, 5.74) is 8.02. The molecule has 0 spiro atoms. The number of likely N-dealkylation sites (N-methyl/N-ethyl adjacent to an activating group) is 1. The van der Waals surface area contributed by atoms with Crippen LogP contribution in [0, 0.1) is 0 Å². The number of anilines is 2. The Morgan fingerprint density at radius 3 is 2.77 bits per heavy atom. The van der Waals surface area contributed by atoms with Gasteiger partial charge in [0, 0.05) is 43.0 Å². The van der Waals surface area contributed by atoms with Crippen LogP contribution in [0.15, 0.2) is 35.2 Å². The number of alkyl halides is 2. The number of rotatable bonds is 6. The minimum atomic E-state index is -2.52. The lowest BCUT2D eigenvalue weighted by atomic mass is 9.99. The van der Waals surface area contributed by atoms with Crippen LogP contribution in [0.3, 0.4) is 0 Å². The Kier molecular flexibility index (Phi) is 6.96. The van der Waals surface area contributed by atoms with E-state index in [1.165, 1.54) is 6.20 Å². The molecule has 7 nitrogen and oxygen atoms in total. The van der Waals surface area contributed by atoms with E-state index in [0.29, 0.717) is 27.9 Å². The average Bonchev–Trinajstić information content (AvgIpc) is 2.71. The molecule has 2 heterocycles. The second-order valence-electron chi connectivity index (χ2n) is 8.23. The van der Waals surface area contributed by atoms with Gasteiger partial charge < -0.3 is 16.0 Å². The van der Waals surface area contributed by atoms with Crippen molar-refractivity contribution in [2.45, 2.75) is 32.7 Å². The molecule has 10 heteroatoms. The SMILES string of the molecule is CC(=NCC(F)F)C(=CN)Nc1ncc2cc(Cl)c(N3CCN(C)C(C)(C)C3)cc2n1. The van der Waals surface area contributed by atoms with Crippen LogP contribution in [0.1, 0.15) is 20.8 Å². The molecule has 3 N–H and O–H groups in total. The highest BCUT2D eigenvalue weighted by atomic mass is 35.5. The number of aromatic nitrogens is 2. The average molecular weight is 452 g/mol. The Balaban J connectivity index is 1.88. The first-order valence-electron chi connectivity index (χ1n) is 10.0. The number of fused-ring (bicyclic) bond motifs is 1. The van der Waals surface area contributed by atoms with Gasteiger partial charge in [-0.15, -0.1) is 0 Å². The summed E-state index contributed by atoms with van der Waals surface area (Å²) in [4.78, 5) is 17.3. The third kappa shape index (κ3) is 5.40. The zero-order valence-corrected chi connectivity index (χ0v) is 18.9. The molecule has 0 atom stereocenters. The summed E-state index contributed by atoms with van der Waals surface area (Å²) in [7, 11) is 2.12. The first-order chi connectivity index (χ1) is 14.6. The summed E-state index contributed by atoms with van der Waals surface area (Å²) in [6.07, 6.45) is 0.402. The second-order valence-corrected chi connectivity index (χ2v) is 8.64. The van der Waals surface area contributed by atoms with E-state index >= 15 is 0 Å². The third-order valence-corrected chi connectivity index (χ3v) is 5.88. The van der Waals surface area contributed by atoms with Crippen LogP contribution < -0.4 is 16.0 Å². The molecular weight excluding hydrogens is 424 g/mol. The fourth-order valence-corrected chi connectivity index (χ4v) is 3.74. The molecule has 168 valence electrons. The van der Waals surface area contributed by atoms with Crippen molar-refractivity contribution in [3.05, 3.63) is 35.2 Å². The Morgan fingerprint density at radius 2 is 2.13 bits per heavy atom. The predicted octanol–water partition coefficient (Wildman–Crippen LogP) is 3.75. The van der Waals surface area contributed by atoms with Gasteiger partial charge in [0.1, 0.15) is 6.54 Å². The summed E-state index contributed by atoms with van der Waals surface area (Å²) in [5.74, 6) is 0.294. The van der Waals surface area contributed by atoms with Gasteiger partial charge in [0.15, 0.2) is 0 Å². The van der Waals surface area contributed by atoms with Gasteiger partial charge in [-0.1, -0.05) is 11.6 Å². The fraction of sp³-hybridized carbons (Fsp3) is 0.476. The van der Waals surface area contributed by atoms with E-state index in [-0.39, 0.29) is 5.54 Å². The summed E-state index contributed by atoms with van der Waals surface area (Å²) < 4.78 is 24.9. The Labute approximate surface area is 186 Å². The number of allylic oxidation sites excluding steroid dienone is 1. The standard InChI is InChI=1S/C21H28ClF2N7/c1-13(26-11-19(23)24)17(9-25)29-20-27-10-14-7-15(22)18(8-16(14)28-20)31-6-5-30(4)21(2,3)12-31/h7-10,19H,5-6,11-12,25H2,1-4H3,(H,27,28,29). The van der Waals surface area contributed by atoms with Crippen molar-refractivity contribution >= 4 is 39.9 Å². The number of hydrogen-bond donors (Lipinski definition) is 2. The maximum absolute atomic E-state index is 12.4. The van der Waals surface area contributed by atoms with Crippen LogP contribution in [0.2, 0.25) is 5.02 Å². The quantitative estimate of drug-likeness (QED) is 0.651. The van der Waals surface area contributed by atoms with Gasteiger partial charge in [0.2, 0.25) is 5.95 Å². The van der Waals surface area contributed by atoms with Gasteiger partial charge in [-0.3, -0.25) is 9.89 Å². The lowest BCUT2D eigenvalue weighted by Crippen LogP contribution is -2.57. The van der Waals surface area contributed by atoms with Crippen molar-refractivity contribution in [3.8, 4) is 0 Å². The van der Waals surface area contributed by atoms with Crippen LogP contribution in [-0.2, 0) is 0 Å². The molecule has 0 unspecified atom stereocenters. The zero-order valence-electron chi connectivity index (χ0n) is 18.2. The highest BCUT2D eigenvalue weighted by molar-refractivity contribution is 6.34. The van der Waals surface area contributed by atoms with Crippen LogP contribution >= 0.6 is 11.6 Å². The normalized spacial score (nSPS) is 18.1. The number of hydrogen-bond acceptors (Lipinski definition) is 7. The molecule has 1 aromatic heterocycles. The van der Waals surface area contributed by atoms with E-state index in [1.54, 1.807) is 13.1 Å². The molecule has 31 heavy (non-hydrogen) atoms. The fourth-order valence-electron chi connectivity index (χ4n) is 3.45. The molecule has 0 amide bonds. The van der Waals surface area contributed by atoms with E-state index in [2.05, 4.69) is 51.0 Å². The highest BCUT2D eigenvalue weighted by Crippen LogP contribution is 2.33. The molecule has 0 radical (unpaired) electrons. The van der Waals surface area contributed by atoms with Crippen LogP contribution in [0.25, 0.3) is 10.9 Å². The van der Waals surface area contributed by atoms with Crippen molar-refractivity contribution in [2.75, 3.05) is 43.4 Å². The van der Waals surface area contributed by atoms with Gasteiger partial charge in [0.05, 0.1) is 27.6 Å². The number of nitrogens with zero attached hydrogens (tertiary/aromatic N) is 5. The summed E-state index contributed by atoms with van der Waals surface area (Å²) in [5, 5.41) is 4.41. The molecule has 1 aromatic carbocycles. The number of piperazine rings is 1. The minimum Gasteiger partial charge on any atom is -0.403 e. The molecule has 2 aromatic rings. The Morgan fingerprint density at radius 1 is 1.39 bits per heavy atom. The molecule has 0 saturated carbocycles.